The normalized spacial score (nSPS) is 21.1. The second-order valence-electron chi connectivity index (χ2n) is 7.82. The van der Waals surface area contributed by atoms with Crippen molar-refractivity contribution in [1.29, 1.82) is 5.26 Å². The van der Waals surface area contributed by atoms with Crippen LogP contribution in [0.5, 0.6) is 0 Å². The maximum absolute atomic E-state index is 13.2. The predicted molar refractivity (Wildman–Crippen MR) is 108 cm³/mol. The number of benzene rings is 1. The van der Waals surface area contributed by atoms with Crippen molar-refractivity contribution in [3.8, 4) is 6.07 Å². The maximum atomic E-state index is 13.2. The van der Waals surface area contributed by atoms with E-state index in [4.69, 9.17) is 0 Å². The summed E-state index contributed by atoms with van der Waals surface area (Å²) in [4.78, 5) is 17.4. The number of aromatic nitrogens is 2. The zero-order valence-electron chi connectivity index (χ0n) is 17.0. The van der Waals surface area contributed by atoms with Gasteiger partial charge in [-0.3, -0.25) is 14.4 Å². The first-order valence-electron chi connectivity index (χ1n) is 9.87. The fraction of sp³-hybridized carbons (Fsp3) is 0.500. The summed E-state index contributed by atoms with van der Waals surface area (Å²) in [5.74, 6) is -0.0457. The standard InChI is InChI=1S/C22H29N5O/c1-25-13-7-10-18(21(25)19-14-24-27(3)16-19)15-26(2)22(28)20(11-12-23)17-8-5-4-6-9-17/h4-6,8-9,14,16,18,20-21H,7,10-11,13,15H2,1-3H3/t18-,20?,21+/m0/s1. The highest BCUT2D eigenvalue weighted by molar-refractivity contribution is 5.83. The van der Waals surface area contributed by atoms with Gasteiger partial charge >= 0.3 is 0 Å². The van der Waals surface area contributed by atoms with Crippen LogP contribution in [-0.2, 0) is 11.8 Å². The van der Waals surface area contributed by atoms with Gasteiger partial charge in [0.25, 0.3) is 0 Å². The zero-order chi connectivity index (χ0) is 20.1. The number of nitrogens with zero attached hydrogens (tertiary/aromatic N) is 5. The SMILES string of the molecule is CN(C[C@@H]1CCCN(C)[C@H]1c1cnn(C)c1)C(=O)C(CC#N)c1ccccc1. The molecule has 0 N–H and O–H groups in total. The summed E-state index contributed by atoms with van der Waals surface area (Å²) in [5.41, 5.74) is 2.11. The van der Waals surface area contributed by atoms with Crippen LogP contribution in [0.15, 0.2) is 42.7 Å². The Morgan fingerprint density at radius 3 is 2.75 bits per heavy atom. The van der Waals surface area contributed by atoms with Crippen molar-refractivity contribution in [2.45, 2.75) is 31.2 Å². The molecule has 1 unspecified atom stereocenters. The predicted octanol–water partition coefficient (Wildman–Crippen LogP) is 2.96. The molecule has 0 radical (unpaired) electrons. The summed E-state index contributed by atoms with van der Waals surface area (Å²) >= 11 is 0. The number of likely N-dealkylation sites (tertiary alicyclic amines) is 1. The zero-order valence-corrected chi connectivity index (χ0v) is 17.0. The Morgan fingerprint density at radius 2 is 2.11 bits per heavy atom. The Hall–Kier alpha value is -2.65. The largest absolute Gasteiger partial charge is 0.345 e. The molecule has 0 bridgehead atoms. The molecule has 2 heterocycles. The minimum atomic E-state index is -0.408. The minimum absolute atomic E-state index is 0.0194. The number of hydrogen-bond donors (Lipinski definition) is 0. The summed E-state index contributed by atoms with van der Waals surface area (Å²) in [6.45, 7) is 1.73. The number of piperidine rings is 1. The second kappa shape index (κ2) is 9.03. The summed E-state index contributed by atoms with van der Waals surface area (Å²) in [6, 6.07) is 12.1. The lowest BCUT2D eigenvalue weighted by molar-refractivity contribution is -0.132. The number of carbonyl (C=O) groups excluding carboxylic acids is 1. The Labute approximate surface area is 167 Å². The highest BCUT2D eigenvalue weighted by Gasteiger charge is 2.34. The fourth-order valence-corrected chi connectivity index (χ4v) is 4.40. The van der Waals surface area contributed by atoms with Gasteiger partial charge in [0, 0.05) is 38.4 Å². The first-order chi connectivity index (χ1) is 13.5. The lowest BCUT2D eigenvalue weighted by atomic mass is 9.85. The van der Waals surface area contributed by atoms with Crippen LogP contribution in [0.4, 0.5) is 0 Å². The van der Waals surface area contributed by atoms with Crippen LogP contribution >= 0.6 is 0 Å². The quantitative estimate of drug-likeness (QED) is 0.774. The van der Waals surface area contributed by atoms with Gasteiger partial charge in [-0.1, -0.05) is 30.3 Å². The van der Waals surface area contributed by atoms with Crippen molar-refractivity contribution < 1.29 is 4.79 Å². The third-order valence-electron chi connectivity index (χ3n) is 5.75. The van der Waals surface area contributed by atoms with Gasteiger partial charge in [0.15, 0.2) is 0 Å². The van der Waals surface area contributed by atoms with Gasteiger partial charge in [-0.05, 0) is 37.9 Å². The molecular weight excluding hydrogens is 350 g/mol. The van der Waals surface area contributed by atoms with Gasteiger partial charge in [-0.15, -0.1) is 0 Å². The molecule has 3 atom stereocenters. The van der Waals surface area contributed by atoms with E-state index >= 15 is 0 Å². The Kier molecular flexibility index (Phi) is 6.48. The molecule has 2 aromatic rings. The van der Waals surface area contributed by atoms with Crippen molar-refractivity contribution in [2.24, 2.45) is 13.0 Å². The molecule has 1 saturated heterocycles. The van der Waals surface area contributed by atoms with Gasteiger partial charge in [0.2, 0.25) is 5.91 Å². The molecular formula is C22H29N5O. The van der Waals surface area contributed by atoms with E-state index in [2.05, 4.69) is 29.3 Å². The second-order valence-corrected chi connectivity index (χ2v) is 7.82. The van der Waals surface area contributed by atoms with Gasteiger partial charge < -0.3 is 4.90 Å². The van der Waals surface area contributed by atoms with Crippen LogP contribution < -0.4 is 0 Å². The lowest BCUT2D eigenvalue weighted by Gasteiger charge is -2.40. The summed E-state index contributed by atoms with van der Waals surface area (Å²) in [5, 5.41) is 13.6. The number of hydrogen-bond acceptors (Lipinski definition) is 4. The molecule has 1 aliphatic rings. The van der Waals surface area contributed by atoms with E-state index in [0.717, 1.165) is 24.9 Å². The molecule has 1 fully saturated rings. The number of aryl methyl sites for hydroxylation is 1. The van der Waals surface area contributed by atoms with E-state index in [-0.39, 0.29) is 18.4 Å². The van der Waals surface area contributed by atoms with Gasteiger partial charge in [-0.2, -0.15) is 10.4 Å². The van der Waals surface area contributed by atoms with E-state index in [1.165, 1.54) is 5.56 Å². The molecule has 6 nitrogen and oxygen atoms in total. The first kappa shape index (κ1) is 20.1. The summed E-state index contributed by atoms with van der Waals surface area (Å²) in [6.07, 6.45) is 6.41. The van der Waals surface area contributed by atoms with Gasteiger partial charge in [-0.25, -0.2) is 0 Å². The van der Waals surface area contributed by atoms with Gasteiger partial charge in [0.05, 0.1) is 24.6 Å². The van der Waals surface area contributed by atoms with Crippen LogP contribution in [0, 0.1) is 17.2 Å². The van der Waals surface area contributed by atoms with Gasteiger partial charge in [0.1, 0.15) is 0 Å². The molecule has 28 heavy (non-hydrogen) atoms. The summed E-state index contributed by atoms with van der Waals surface area (Å²) in [7, 11) is 5.95. The number of nitriles is 1. The summed E-state index contributed by atoms with van der Waals surface area (Å²) < 4.78 is 1.84. The lowest BCUT2D eigenvalue weighted by Crippen LogP contribution is -2.43. The van der Waals surface area contributed by atoms with E-state index < -0.39 is 5.92 Å². The Bertz CT molecular complexity index is 825. The fourth-order valence-electron chi connectivity index (χ4n) is 4.40. The number of amides is 1. The molecule has 1 aromatic carbocycles. The first-order valence-corrected chi connectivity index (χ1v) is 9.87. The molecule has 0 saturated carbocycles. The van der Waals surface area contributed by atoms with E-state index in [1.807, 2.05) is 60.2 Å². The van der Waals surface area contributed by atoms with E-state index in [0.29, 0.717) is 12.5 Å². The molecule has 1 aromatic heterocycles. The molecule has 1 amide bonds. The molecule has 6 heteroatoms. The highest BCUT2D eigenvalue weighted by atomic mass is 16.2. The maximum Gasteiger partial charge on any atom is 0.230 e. The van der Waals surface area contributed by atoms with Crippen molar-refractivity contribution in [1.82, 2.24) is 19.6 Å². The molecule has 3 rings (SSSR count). The number of likely N-dealkylation sites (N-methyl/N-ethyl adjacent to an activating group) is 1. The van der Waals surface area contributed by atoms with Crippen molar-refractivity contribution in [3.05, 3.63) is 53.9 Å². The van der Waals surface area contributed by atoms with Crippen LogP contribution in [0.25, 0.3) is 0 Å². The van der Waals surface area contributed by atoms with Crippen LogP contribution in [0.3, 0.4) is 0 Å². The monoisotopic (exact) mass is 379 g/mol. The average Bonchev–Trinajstić information content (AvgIpc) is 3.12. The smallest absolute Gasteiger partial charge is 0.230 e. The third kappa shape index (κ3) is 4.42. The van der Waals surface area contributed by atoms with Crippen LogP contribution in [0.2, 0.25) is 0 Å². The van der Waals surface area contributed by atoms with Crippen LogP contribution in [0.1, 0.15) is 42.3 Å². The highest BCUT2D eigenvalue weighted by Crippen LogP contribution is 2.35. The molecule has 0 spiro atoms. The molecule has 0 aliphatic carbocycles. The Morgan fingerprint density at radius 1 is 1.36 bits per heavy atom. The van der Waals surface area contributed by atoms with E-state index in [1.54, 1.807) is 0 Å². The number of carbonyl (C=O) groups is 1. The number of rotatable bonds is 6. The topological polar surface area (TPSA) is 65.2 Å². The van der Waals surface area contributed by atoms with E-state index in [9.17, 15) is 10.1 Å². The van der Waals surface area contributed by atoms with Crippen molar-refractivity contribution in [3.63, 3.8) is 0 Å². The van der Waals surface area contributed by atoms with Crippen LogP contribution in [-0.4, -0.2) is 52.7 Å². The average molecular weight is 380 g/mol. The van der Waals surface area contributed by atoms with Crippen molar-refractivity contribution >= 4 is 5.91 Å². The third-order valence-corrected chi connectivity index (χ3v) is 5.75. The Balaban J connectivity index is 1.76. The molecule has 1 aliphatic heterocycles. The van der Waals surface area contributed by atoms with Crippen molar-refractivity contribution in [2.75, 3.05) is 27.2 Å². The minimum Gasteiger partial charge on any atom is -0.345 e. The molecule has 148 valence electrons.